The maximum absolute atomic E-state index is 12.8. The molecule has 0 aromatic heterocycles. The molecule has 6 heteroatoms. The van der Waals surface area contributed by atoms with Gasteiger partial charge in [-0.2, -0.15) is 0 Å². The summed E-state index contributed by atoms with van der Waals surface area (Å²) >= 11 is 0. The molecule has 0 saturated heterocycles. The summed E-state index contributed by atoms with van der Waals surface area (Å²) in [5.41, 5.74) is 1.45. The zero-order valence-corrected chi connectivity index (χ0v) is 14.0. The molecule has 0 aliphatic carbocycles. The van der Waals surface area contributed by atoms with Gasteiger partial charge in [-0.3, -0.25) is 9.59 Å². The molecule has 2 N–H and O–H groups in total. The van der Waals surface area contributed by atoms with Gasteiger partial charge in [-0.25, -0.2) is 4.39 Å². The van der Waals surface area contributed by atoms with Gasteiger partial charge >= 0.3 is 0 Å². The highest BCUT2D eigenvalue weighted by molar-refractivity contribution is 6.04. The van der Waals surface area contributed by atoms with Crippen LogP contribution in [0.4, 0.5) is 10.1 Å². The molecular formula is C19H21FN2O3. The Kier molecular flexibility index (Phi) is 6.95. The molecule has 2 aromatic rings. The van der Waals surface area contributed by atoms with Gasteiger partial charge in [-0.05, 0) is 43.2 Å². The van der Waals surface area contributed by atoms with Crippen LogP contribution >= 0.6 is 0 Å². The quantitative estimate of drug-likeness (QED) is 0.724. The summed E-state index contributed by atoms with van der Waals surface area (Å²) in [6, 6.07) is 13.1. The highest BCUT2D eigenvalue weighted by Gasteiger charge is 2.11. The fraction of sp³-hybridized carbons (Fsp3) is 0.263. The Labute approximate surface area is 146 Å². The minimum Gasteiger partial charge on any atom is -0.492 e. The maximum atomic E-state index is 12.8. The highest BCUT2D eigenvalue weighted by Crippen LogP contribution is 2.23. The van der Waals surface area contributed by atoms with Gasteiger partial charge in [-0.1, -0.05) is 24.3 Å². The monoisotopic (exact) mass is 344 g/mol. The van der Waals surface area contributed by atoms with Gasteiger partial charge < -0.3 is 15.4 Å². The van der Waals surface area contributed by atoms with E-state index in [0.717, 1.165) is 5.56 Å². The summed E-state index contributed by atoms with van der Waals surface area (Å²) in [7, 11) is 0. The van der Waals surface area contributed by atoms with Crippen LogP contribution in [0.5, 0.6) is 5.75 Å². The summed E-state index contributed by atoms with van der Waals surface area (Å²) in [6.07, 6.45) is 0.296. The Balaban J connectivity index is 1.76. The number of ether oxygens (including phenoxy) is 1. The molecule has 25 heavy (non-hydrogen) atoms. The van der Waals surface area contributed by atoms with E-state index in [1.165, 1.54) is 12.1 Å². The standard InChI is InChI=1S/C19H21FN2O3/c1-2-25-17-6-4-3-5-16(17)22-19(24)13-18(23)21-12-11-14-7-9-15(20)10-8-14/h3-10H,2,11-13H2,1H3,(H,21,23)(H,22,24). The van der Waals surface area contributed by atoms with E-state index >= 15 is 0 Å². The lowest BCUT2D eigenvalue weighted by molar-refractivity contribution is -0.126. The molecule has 2 rings (SSSR count). The molecule has 0 radical (unpaired) electrons. The number of para-hydroxylation sites is 2. The van der Waals surface area contributed by atoms with Crippen LogP contribution in [0.3, 0.4) is 0 Å². The van der Waals surface area contributed by atoms with Gasteiger partial charge in [0.1, 0.15) is 18.0 Å². The van der Waals surface area contributed by atoms with Gasteiger partial charge in [0, 0.05) is 6.54 Å². The Morgan fingerprint density at radius 2 is 1.76 bits per heavy atom. The van der Waals surface area contributed by atoms with Crippen molar-refractivity contribution in [2.75, 3.05) is 18.5 Å². The molecule has 0 heterocycles. The zero-order valence-electron chi connectivity index (χ0n) is 14.0. The Hall–Kier alpha value is -2.89. The molecule has 0 atom stereocenters. The first-order chi connectivity index (χ1) is 12.1. The molecule has 2 amide bonds. The number of amides is 2. The van der Waals surface area contributed by atoms with Crippen molar-refractivity contribution in [1.29, 1.82) is 0 Å². The second kappa shape index (κ2) is 9.42. The van der Waals surface area contributed by atoms with E-state index < -0.39 is 5.91 Å². The van der Waals surface area contributed by atoms with Crippen LogP contribution < -0.4 is 15.4 Å². The second-order valence-corrected chi connectivity index (χ2v) is 5.38. The molecule has 2 aromatic carbocycles. The van der Waals surface area contributed by atoms with Crippen molar-refractivity contribution < 1.29 is 18.7 Å². The third kappa shape index (κ3) is 6.25. The lowest BCUT2D eigenvalue weighted by Gasteiger charge is -2.11. The van der Waals surface area contributed by atoms with Gasteiger partial charge in [0.15, 0.2) is 0 Å². The van der Waals surface area contributed by atoms with E-state index in [4.69, 9.17) is 4.74 Å². The average molecular weight is 344 g/mol. The lowest BCUT2D eigenvalue weighted by atomic mass is 10.1. The first kappa shape index (κ1) is 18.4. The number of nitrogens with one attached hydrogen (secondary N) is 2. The fourth-order valence-electron chi connectivity index (χ4n) is 2.25. The van der Waals surface area contributed by atoms with Crippen molar-refractivity contribution in [2.24, 2.45) is 0 Å². The lowest BCUT2D eigenvalue weighted by Crippen LogP contribution is -2.29. The number of benzene rings is 2. The first-order valence-electron chi connectivity index (χ1n) is 8.11. The summed E-state index contributed by atoms with van der Waals surface area (Å²) < 4.78 is 18.2. The number of carbonyl (C=O) groups excluding carboxylic acids is 2. The average Bonchev–Trinajstić information content (AvgIpc) is 2.58. The van der Waals surface area contributed by atoms with E-state index in [-0.39, 0.29) is 18.1 Å². The number of hydrogen-bond donors (Lipinski definition) is 2. The van der Waals surface area contributed by atoms with Gasteiger partial charge in [0.25, 0.3) is 0 Å². The molecule has 0 spiro atoms. The Morgan fingerprint density at radius 3 is 2.48 bits per heavy atom. The van der Waals surface area contributed by atoms with E-state index in [1.807, 2.05) is 13.0 Å². The molecule has 0 saturated carbocycles. The number of anilines is 1. The normalized spacial score (nSPS) is 10.2. The summed E-state index contributed by atoms with van der Waals surface area (Å²) in [5, 5.41) is 5.35. The van der Waals surface area contributed by atoms with Crippen LogP contribution in [0.1, 0.15) is 18.9 Å². The second-order valence-electron chi connectivity index (χ2n) is 5.38. The minimum absolute atomic E-state index is 0.274. The predicted molar refractivity (Wildman–Crippen MR) is 94.0 cm³/mol. The summed E-state index contributed by atoms with van der Waals surface area (Å²) in [6.45, 7) is 2.72. The number of carbonyl (C=O) groups is 2. The Morgan fingerprint density at radius 1 is 1.04 bits per heavy atom. The van der Waals surface area contributed by atoms with Crippen molar-refractivity contribution in [3.8, 4) is 5.75 Å². The third-order valence-corrected chi connectivity index (χ3v) is 3.43. The van der Waals surface area contributed by atoms with Gasteiger partial charge in [-0.15, -0.1) is 0 Å². The van der Waals surface area contributed by atoms with E-state index in [2.05, 4.69) is 10.6 Å². The predicted octanol–water partition coefficient (Wildman–Crippen LogP) is 2.91. The Bertz CT molecular complexity index is 717. The smallest absolute Gasteiger partial charge is 0.233 e. The topological polar surface area (TPSA) is 67.4 Å². The fourth-order valence-corrected chi connectivity index (χ4v) is 2.25. The van der Waals surface area contributed by atoms with Gasteiger partial charge in [0.05, 0.1) is 12.3 Å². The molecule has 0 fully saturated rings. The minimum atomic E-state index is -0.411. The number of hydrogen-bond acceptors (Lipinski definition) is 3. The molecule has 5 nitrogen and oxygen atoms in total. The third-order valence-electron chi connectivity index (χ3n) is 3.43. The maximum Gasteiger partial charge on any atom is 0.233 e. The van der Waals surface area contributed by atoms with Crippen LogP contribution in [0.2, 0.25) is 0 Å². The molecule has 0 bridgehead atoms. The van der Waals surface area contributed by atoms with Gasteiger partial charge in [0.2, 0.25) is 11.8 Å². The molecule has 0 aliphatic rings. The molecular weight excluding hydrogens is 323 g/mol. The molecule has 0 unspecified atom stereocenters. The van der Waals surface area contributed by atoms with Crippen LogP contribution in [-0.4, -0.2) is 25.0 Å². The molecule has 0 aliphatic heterocycles. The van der Waals surface area contributed by atoms with Crippen molar-refractivity contribution in [3.63, 3.8) is 0 Å². The largest absolute Gasteiger partial charge is 0.492 e. The first-order valence-corrected chi connectivity index (χ1v) is 8.11. The number of halogens is 1. The summed E-state index contributed by atoms with van der Waals surface area (Å²) in [5.74, 6) is -0.508. The summed E-state index contributed by atoms with van der Waals surface area (Å²) in [4.78, 5) is 23.8. The van der Waals surface area contributed by atoms with Crippen molar-refractivity contribution in [2.45, 2.75) is 19.8 Å². The van der Waals surface area contributed by atoms with E-state index in [9.17, 15) is 14.0 Å². The zero-order chi connectivity index (χ0) is 18.1. The van der Waals surface area contributed by atoms with Crippen LogP contribution in [0, 0.1) is 5.82 Å². The van der Waals surface area contributed by atoms with Crippen LogP contribution in [-0.2, 0) is 16.0 Å². The van der Waals surface area contributed by atoms with Crippen LogP contribution in [0.15, 0.2) is 48.5 Å². The van der Waals surface area contributed by atoms with Crippen molar-refractivity contribution in [3.05, 3.63) is 59.9 Å². The SMILES string of the molecule is CCOc1ccccc1NC(=O)CC(=O)NCCc1ccc(F)cc1. The van der Waals surface area contributed by atoms with E-state index in [1.54, 1.807) is 30.3 Å². The molecule has 132 valence electrons. The number of rotatable bonds is 8. The van der Waals surface area contributed by atoms with Crippen molar-refractivity contribution >= 4 is 17.5 Å². The van der Waals surface area contributed by atoms with Crippen molar-refractivity contribution in [1.82, 2.24) is 5.32 Å². The van der Waals surface area contributed by atoms with Crippen LogP contribution in [0.25, 0.3) is 0 Å². The highest BCUT2D eigenvalue weighted by atomic mass is 19.1. The van der Waals surface area contributed by atoms with E-state index in [0.29, 0.717) is 31.0 Å².